The van der Waals surface area contributed by atoms with Crippen LogP contribution in [0.1, 0.15) is 24.0 Å². The van der Waals surface area contributed by atoms with Gasteiger partial charge < -0.3 is 15.8 Å². The molecule has 3 unspecified atom stereocenters. The van der Waals surface area contributed by atoms with Crippen LogP contribution < -0.4 is 11.1 Å². The Morgan fingerprint density at radius 3 is 2.64 bits per heavy atom. The van der Waals surface area contributed by atoms with E-state index in [0.29, 0.717) is 17.9 Å². The Morgan fingerprint density at radius 1 is 1.03 bits per heavy atom. The molecule has 0 saturated carbocycles. The molecule has 2 aliphatic rings. The molecule has 0 amide bonds. The summed E-state index contributed by atoms with van der Waals surface area (Å²) in [5.74, 6) is 0.555. The number of fused-ring (bicyclic) bond motifs is 2. The number of hydrogen-bond acceptors (Lipinski definition) is 5. The molecule has 2 bridgehead atoms. The normalized spacial score (nSPS) is 25.1. The smallest absolute Gasteiger partial charge is 0.124 e. The molecule has 3 heterocycles. The summed E-state index contributed by atoms with van der Waals surface area (Å²) in [6.45, 7) is 2.64. The number of rotatable bonds is 7. The van der Waals surface area contributed by atoms with E-state index < -0.39 is 0 Å². The number of nitrogen functional groups attached to an aromatic ring is 1. The molecule has 3 atom stereocenters. The van der Waals surface area contributed by atoms with Gasteiger partial charge in [-0.15, -0.1) is 0 Å². The summed E-state index contributed by atoms with van der Waals surface area (Å²) in [5, 5.41) is 3.87. The summed E-state index contributed by atoms with van der Waals surface area (Å²) in [6.07, 6.45) is 4.32. The van der Waals surface area contributed by atoms with Crippen molar-refractivity contribution in [2.45, 2.75) is 43.3 Å². The zero-order chi connectivity index (χ0) is 22.7. The lowest BCUT2D eigenvalue weighted by Gasteiger charge is -2.55. The van der Waals surface area contributed by atoms with Crippen molar-refractivity contribution in [3.05, 3.63) is 83.9 Å². The molecule has 2 saturated heterocycles. The van der Waals surface area contributed by atoms with E-state index in [1.54, 1.807) is 0 Å². The first-order valence-corrected chi connectivity index (χ1v) is 12.0. The number of pyridine rings is 1. The quantitative estimate of drug-likeness (QED) is 0.580. The molecule has 1 aromatic heterocycles. The topological polar surface area (TPSA) is 63.4 Å². The van der Waals surface area contributed by atoms with Crippen molar-refractivity contribution < 1.29 is 4.74 Å². The average Bonchev–Trinajstić information content (AvgIpc) is 2.82. The van der Waals surface area contributed by atoms with Gasteiger partial charge in [0.2, 0.25) is 0 Å². The van der Waals surface area contributed by atoms with Crippen LogP contribution in [-0.4, -0.2) is 54.3 Å². The molecule has 5 nitrogen and oxygen atoms in total. The van der Waals surface area contributed by atoms with Crippen LogP contribution in [0.4, 0.5) is 5.82 Å². The maximum Gasteiger partial charge on any atom is 0.124 e. The highest BCUT2D eigenvalue weighted by Gasteiger charge is 2.47. The minimum absolute atomic E-state index is 0.0758. The largest absolute Gasteiger partial charge is 0.384 e. The Morgan fingerprint density at radius 2 is 1.85 bits per heavy atom. The van der Waals surface area contributed by atoms with Gasteiger partial charge in [0.1, 0.15) is 5.82 Å². The number of nitrogens with one attached hydrogen (secondary N) is 1. The number of anilines is 1. The third-order valence-electron chi connectivity index (χ3n) is 7.40. The number of hydrogen-bond donors (Lipinski definition) is 2. The van der Waals surface area contributed by atoms with Crippen LogP contribution in [0, 0.1) is 0 Å². The molecule has 2 fully saturated rings. The van der Waals surface area contributed by atoms with Crippen LogP contribution in [0.25, 0.3) is 11.3 Å². The maximum absolute atomic E-state index is 6.08. The van der Waals surface area contributed by atoms with Crippen molar-refractivity contribution in [2.75, 3.05) is 32.5 Å². The fourth-order valence-electron chi connectivity index (χ4n) is 5.54. The molecule has 3 aromatic rings. The zero-order valence-electron chi connectivity index (χ0n) is 19.4. The fraction of sp³-hybridized carbons (Fsp3) is 0.393. The van der Waals surface area contributed by atoms with Gasteiger partial charge in [-0.3, -0.25) is 4.90 Å². The van der Waals surface area contributed by atoms with E-state index in [1.165, 1.54) is 11.1 Å². The van der Waals surface area contributed by atoms with Crippen molar-refractivity contribution in [1.29, 1.82) is 0 Å². The summed E-state index contributed by atoms with van der Waals surface area (Å²) < 4.78 is 6.08. The van der Waals surface area contributed by atoms with Gasteiger partial charge in [-0.1, -0.05) is 60.7 Å². The molecule has 3 N–H and O–H groups in total. The van der Waals surface area contributed by atoms with Gasteiger partial charge in [-0.25, -0.2) is 4.98 Å². The van der Waals surface area contributed by atoms with Gasteiger partial charge in [0, 0.05) is 23.2 Å². The van der Waals surface area contributed by atoms with E-state index in [0.717, 1.165) is 56.7 Å². The molecule has 0 spiro atoms. The minimum atomic E-state index is 0.0758. The monoisotopic (exact) mass is 442 g/mol. The van der Waals surface area contributed by atoms with Crippen LogP contribution >= 0.6 is 0 Å². The number of nitrogens with two attached hydrogens (primary N) is 1. The van der Waals surface area contributed by atoms with Gasteiger partial charge in [-0.05, 0) is 62.5 Å². The van der Waals surface area contributed by atoms with Crippen LogP contribution in [-0.2, 0) is 17.6 Å². The number of likely N-dealkylation sites (N-methyl/N-ethyl adjacent to an activating group) is 1. The van der Waals surface area contributed by atoms with E-state index in [4.69, 9.17) is 10.5 Å². The van der Waals surface area contributed by atoms with Gasteiger partial charge >= 0.3 is 0 Å². The average molecular weight is 443 g/mol. The van der Waals surface area contributed by atoms with E-state index in [-0.39, 0.29) is 5.54 Å². The van der Waals surface area contributed by atoms with Crippen LogP contribution in [0.15, 0.2) is 72.8 Å². The van der Waals surface area contributed by atoms with E-state index in [1.807, 2.05) is 18.2 Å². The predicted molar refractivity (Wildman–Crippen MR) is 134 cm³/mol. The Kier molecular flexibility index (Phi) is 6.45. The van der Waals surface area contributed by atoms with Crippen molar-refractivity contribution in [3.63, 3.8) is 0 Å². The first-order chi connectivity index (χ1) is 16.1. The van der Waals surface area contributed by atoms with Crippen molar-refractivity contribution in [3.8, 4) is 11.3 Å². The summed E-state index contributed by atoms with van der Waals surface area (Å²) >= 11 is 0. The molecular formula is C28H34N4O. The highest BCUT2D eigenvalue weighted by atomic mass is 16.5. The summed E-state index contributed by atoms with van der Waals surface area (Å²) in [5.41, 5.74) is 10.7. The molecule has 5 heteroatoms. The third kappa shape index (κ3) is 4.96. The molecule has 5 rings (SSSR count). The SMILES string of the molecule is CN1C2COCC1(Cc1ccccc1)CC(NCCc1ccc(-c3cccc(N)n3)cc1)C2. The van der Waals surface area contributed by atoms with Crippen LogP contribution in [0.3, 0.4) is 0 Å². The molecular weight excluding hydrogens is 408 g/mol. The van der Waals surface area contributed by atoms with E-state index >= 15 is 0 Å². The van der Waals surface area contributed by atoms with Gasteiger partial charge in [0.05, 0.1) is 18.9 Å². The van der Waals surface area contributed by atoms with E-state index in [2.05, 4.69) is 76.8 Å². The number of aromatic nitrogens is 1. The highest BCUT2D eigenvalue weighted by molar-refractivity contribution is 5.61. The molecule has 172 valence electrons. The van der Waals surface area contributed by atoms with Crippen LogP contribution in [0.5, 0.6) is 0 Å². The molecule has 2 aliphatic heterocycles. The second-order valence-corrected chi connectivity index (χ2v) is 9.65. The van der Waals surface area contributed by atoms with Crippen molar-refractivity contribution >= 4 is 5.82 Å². The molecule has 0 radical (unpaired) electrons. The number of ether oxygens (including phenoxy) is 1. The fourth-order valence-corrected chi connectivity index (χ4v) is 5.54. The number of nitrogens with zero attached hydrogens (tertiary/aromatic N) is 2. The molecule has 33 heavy (non-hydrogen) atoms. The highest BCUT2D eigenvalue weighted by Crippen LogP contribution is 2.37. The van der Waals surface area contributed by atoms with Crippen molar-refractivity contribution in [1.82, 2.24) is 15.2 Å². The zero-order valence-corrected chi connectivity index (χ0v) is 19.4. The number of morpholine rings is 1. The summed E-state index contributed by atoms with van der Waals surface area (Å²) in [4.78, 5) is 7.02. The number of benzene rings is 2. The number of piperidine rings is 1. The Bertz CT molecular complexity index is 1060. The summed E-state index contributed by atoms with van der Waals surface area (Å²) in [7, 11) is 2.29. The Labute approximate surface area is 197 Å². The van der Waals surface area contributed by atoms with Gasteiger partial charge in [0.25, 0.3) is 0 Å². The van der Waals surface area contributed by atoms with Crippen LogP contribution in [0.2, 0.25) is 0 Å². The lowest BCUT2D eigenvalue weighted by molar-refractivity contribution is -0.125. The lowest BCUT2D eigenvalue weighted by atomic mass is 9.76. The minimum Gasteiger partial charge on any atom is -0.384 e. The lowest BCUT2D eigenvalue weighted by Crippen LogP contribution is -2.67. The van der Waals surface area contributed by atoms with Gasteiger partial charge in [-0.2, -0.15) is 0 Å². The second kappa shape index (κ2) is 9.64. The predicted octanol–water partition coefficient (Wildman–Crippen LogP) is 3.94. The molecule has 0 aliphatic carbocycles. The second-order valence-electron chi connectivity index (χ2n) is 9.65. The first kappa shape index (κ1) is 22.1. The van der Waals surface area contributed by atoms with Crippen molar-refractivity contribution in [2.24, 2.45) is 0 Å². The Hall–Kier alpha value is -2.73. The Balaban J connectivity index is 1.19. The summed E-state index contributed by atoms with van der Waals surface area (Å²) in [6, 6.07) is 26.3. The standard InChI is InChI=1S/C28H34N4O/c1-32-25-16-24(18-28(32,20-33-19-25)17-22-6-3-2-4-7-22)30-15-14-21-10-12-23(13-11-21)26-8-5-9-27(29)31-26/h2-13,24-25,30H,14-20H2,1H3,(H2,29,31). The van der Waals surface area contributed by atoms with E-state index in [9.17, 15) is 0 Å². The maximum atomic E-state index is 6.08. The first-order valence-electron chi connectivity index (χ1n) is 12.0. The molecule has 2 aromatic carbocycles. The van der Waals surface area contributed by atoms with Gasteiger partial charge in [0.15, 0.2) is 0 Å². The third-order valence-corrected chi connectivity index (χ3v) is 7.40.